The molecule has 22 heavy (non-hydrogen) atoms. The molecule has 0 radical (unpaired) electrons. The molecule has 0 spiro atoms. The number of rotatable bonds is 7. The average molecular weight is 383 g/mol. The fourth-order valence-electron chi connectivity index (χ4n) is 1.92. The van der Waals surface area contributed by atoms with Crippen LogP contribution in [-0.2, 0) is 31.7 Å². The van der Waals surface area contributed by atoms with Crippen molar-refractivity contribution in [2.24, 2.45) is 0 Å². The molecule has 0 aromatic heterocycles. The van der Waals surface area contributed by atoms with Crippen molar-refractivity contribution in [3.05, 3.63) is 34.9 Å². The molecular formula is C15H24ClO3PS2. The van der Waals surface area contributed by atoms with Gasteiger partial charge in [0.15, 0.2) is 0 Å². The van der Waals surface area contributed by atoms with Gasteiger partial charge in [0.2, 0.25) is 6.49 Å². The van der Waals surface area contributed by atoms with E-state index in [1.54, 1.807) is 12.1 Å². The summed E-state index contributed by atoms with van der Waals surface area (Å²) >= 11 is 11.7. The van der Waals surface area contributed by atoms with Crippen LogP contribution < -0.4 is 0 Å². The van der Waals surface area contributed by atoms with Gasteiger partial charge < -0.3 is 9.05 Å². The molecule has 0 bridgehead atoms. The van der Waals surface area contributed by atoms with Gasteiger partial charge in [-0.1, -0.05) is 23.7 Å². The van der Waals surface area contributed by atoms with Gasteiger partial charge in [-0.3, -0.25) is 4.21 Å². The topological polar surface area (TPSA) is 35.5 Å². The molecule has 0 fully saturated rings. The van der Waals surface area contributed by atoms with Gasteiger partial charge >= 0.3 is 0 Å². The third-order valence-electron chi connectivity index (χ3n) is 2.87. The lowest BCUT2D eigenvalue weighted by molar-refractivity contribution is 0.264. The lowest BCUT2D eigenvalue weighted by Gasteiger charge is -2.33. The maximum atomic E-state index is 13.1. The number of halogens is 1. The van der Waals surface area contributed by atoms with E-state index in [0.717, 1.165) is 5.56 Å². The van der Waals surface area contributed by atoms with Crippen LogP contribution in [0.2, 0.25) is 5.02 Å². The smallest absolute Gasteiger partial charge is 0.208 e. The summed E-state index contributed by atoms with van der Waals surface area (Å²) < 4.78 is 24.3. The zero-order chi connectivity index (χ0) is 17.0. The molecule has 0 saturated carbocycles. The summed E-state index contributed by atoms with van der Waals surface area (Å²) in [6.07, 6.45) is 0. The van der Waals surface area contributed by atoms with Gasteiger partial charge in [-0.2, -0.15) is 0 Å². The molecular weight excluding hydrogens is 359 g/mol. The molecule has 0 aliphatic rings. The lowest BCUT2D eigenvalue weighted by atomic mass is 10.2. The largest absolute Gasteiger partial charge is 0.329 e. The molecule has 3 nitrogen and oxygen atoms in total. The average Bonchev–Trinajstić information content (AvgIpc) is 2.40. The molecule has 7 heteroatoms. The molecule has 0 aliphatic heterocycles. The second-order valence-corrected chi connectivity index (χ2v) is 12.4. The zero-order valence-electron chi connectivity index (χ0n) is 13.7. The Balaban J connectivity index is 3.41. The van der Waals surface area contributed by atoms with Gasteiger partial charge in [-0.05, 0) is 64.1 Å². The van der Waals surface area contributed by atoms with Crippen molar-refractivity contribution in [3.63, 3.8) is 0 Å². The Morgan fingerprint density at radius 1 is 1.18 bits per heavy atom. The first-order chi connectivity index (χ1) is 10.2. The van der Waals surface area contributed by atoms with Gasteiger partial charge in [-0.25, -0.2) is 0 Å². The van der Waals surface area contributed by atoms with Crippen molar-refractivity contribution in [1.29, 1.82) is 0 Å². The van der Waals surface area contributed by atoms with Crippen LogP contribution in [0.5, 0.6) is 0 Å². The van der Waals surface area contributed by atoms with E-state index in [2.05, 4.69) is 0 Å². The first-order valence-electron chi connectivity index (χ1n) is 7.20. The number of hydrogen-bond acceptors (Lipinski definition) is 4. The molecule has 0 N–H and O–H groups in total. The Kier molecular flexibility index (Phi) is 7.71. The minimum Gasteiger partial charge on any atom is -0.329 e. The maximum absolute atomic E-state index is 13.1. The van der Waals surface area contributed by atoms with Gasteiger partial charge in [-0.15, -0.1) is 0 Å². The highest BCUT2D eigenvalue weighted by atomic mass is 35.5. The van der Waals surface area contributed by atoms with Crippen molar-refractivity contribution in [2.75, 3.05) is 13.2 Å². The van der Waals surface area contributed by atoms with E-state index in [1.807, 2.05) is 46.8 Å². The van der Waals surface area contributed by atoms with Crippen molar-refractivity contribution in [1.82, 2.24) is 0 Å². The fraction of sp³-hybridized carbons (Fsp3) is 0.600. The van der Waals surface area contributed by atoms with Crippen LogP contribution in [0.1, 0.15) is 45.2 Å². The normalized spacial score (nSPS) is 15.5. The fourth-order valence-corrected chi connectivity index (χ4v) is 8.67. The van der Waals surface area contributed by atoms with Crippen LogP contribution in [0.25, 0.3) is 0 Å². The molecule has 1 aromatic carbocycles. The van der Waals surface area contributed by atoms with Crippen LogP contribution in [-0.4, -0.2) is 22.2 Å². The summed E-state index contributed by atoms with van der Waals surface area (Å²) in [5, 5.41) is 0.630. The van der Waals surface area contributed by atoms with E-state index in [9.17, 15) is 4.21 Å². The second kappa shape index (κ2) is 8.36. The van der Waals surface area contributed by atoms with Crippen LogP contribution in [0.15, 0.2) is 24.3 Å². The van der Waals surface area contributed by atoms with Crippen molar-refractivity contribution >= 4 is 40.7 Å². The Morgan fingerprint density at radius 3 is 2.00 bits per heavy atom. The molecule has 1 rings (SSSR count). The molecule has 0 aliphatic carbocycles. The minimum absolute atomic E-state index is 0.428. The van der Waals surface area contributed by atoms with E-state index in [0.29, 0.717) is 18.2 Å². The Labute approximate surface area is 146 Å². The summed E-state index contributed by atoms with van der Waals surface area (Å²) in [7, 11) is -1.25. The molecule has 126 valence electrons. The van der Waals surface area contributed by atoms with E-state index >= 15 is 0 Å². The van der Waals surface area contributed by atoms with Gasteiger partial charge in [0.05, 0.1) is 13.2 Å². The number of benzene rings is 1. The van der Waals surface area contributed by atoms with Gasteiger partial charge in [0.1, 0.15) is 4.99 Å². The first kappa shape index (κ1) is 20.3. The minimum atomic E-state index is -2.73. The van der Waals surface area contributed by atoms with Gasteiger partial charge in [0, 0.05) is 20.6 Å². The van der Waals surface area contributed by atoms with Crippen molar-refractivity contribution < 1.29 is 13.3 Å². The summed E-state index contributed by atoms with van der Waals surface area (Å²) in [6.45, 7) is 7.69. The SMILES string of the molecule is CCOP(=S)(OCC)[C@@H](c1ccc(Cl)cc1)S(=O)C(C)(C)C. The van der Waals surface area contributed by atoms with Crippen LogP contribution >= 0.6 is 18.1 Å². The van der Waals surface area contributed by atoms with E-state index in [1.165, 1.54) is 0 Å². The van der Waals surface area contributed by atoms with Crippen molar-refractivity contribution in [3.8, 4) is 0 Å². The summed E-state index contributed by atoms with van der Waals surface area (Å²) in [6, 6.07) is 7.27. The van der Waals surface area contributed by atoms with Crippen LogP contribution in [0, 0.1) is 0 Å². The lowest BCUT2D eigenvalue weighted by Crippen LogP contribution is -2.27. The van der Waals surface area contributed by atoms with Crippen molar-refractivity contribution in [2.45, 2.75) is 44.4 Å². The zero-order valence-corrected chi connectivity index (χ0v) is 17.0. The summed E-state index contributed by atoms with van der Waals surface area (Å²) in [4.78, 5) is -0.473. The Morgan fingerprint density at radius 2 is 1.64 bits per heavy atom. The predicted octanol–water partition coefficient (Wildman–Crippen LogP) is 5.27. The summed E-state index contributed by atoms with van der Waals surface area (Å²) in [5.74, 6) is 0. The Hall–Kier alpha value is 0.230. The van der Waals surface area contributed by atoms with Crippen LogP contribution in [0.4, 0.5) is 0 Å². The van der Waals surface area contributed by atoms with E-state index in [4.69, 9.17) is 32.5 Å². The van der Waals surface area contributed by atoms with E-state index < -0.39 is 27.0 Å². The highest BCUT2D eigenvalue weighted by molar-refractivity contribution is 8.15. The van der Waals surface area contributed by atoms with Crippen LogP contribution in [0.3, 0.4) is 0 Å². The standard InChI is InChI=1S/C15H24ClO3PS2/c1-6-18-20(21,19-7-2)14(22(17)15(3,4)5)12-8-10-13(16)11-9-12/h8-11,14H,6-7H2,1-5H3/t14-,22?/m1/s1. The quantitative estimate of drug-likeness (QED) is 0.602. The second-order valence-electron chi connectivity index (χ2n) is 5.69. The predicted molar refractivity (Wildman–Crippen MR) is 99.6 cm³/mol. The molecule has 1 aromatic rings. The number of hydrogen-bond donors (Lipinski definition) is 0. The molecule has 0 heterocycles. The molecule has 1 unspecified atom stereocenters. The third-order valence-corrected chi connectivity index (χ3v) is 10.2. The molecule has 2 atom stereocenters. The van der Waals surface area contributed by atoms with Gasteiger partial charge in [0.25, 0.3) is 0 Å². The van der Waals surface area contributed by atoms with E-state index in [-0.39, 0.29) is 0 Å². The highest BCUT2D eigenvalue weighted by Gasteiger charge is 2.41. The molecule has 0 saturated heterocycles. The molecule has 0 amide bonds. The summed E-state index contributed by atoms with van der Waals surface area (Å²) in [5.41, 5.74) is 0.850. The Bertz CT molecular complexity index is 545. The monoisotopic (exact) mass is 382 g/mol. The maximum Gasteiger partial charge on any atom is 0.208 e. The highest BCUT2D eigenvalue weighted by Crippen LogP contribution is 2.64. The first-order valence-corrected chi connectivity index (χ1v) is 11.5. The third kappa shape index (κ3) is 5.12.